The second-order valence-corrected chi connectivity index (χ2v) is 4.05. The molecule has 0 aromatic carbocycles. The van der Waals surface area contributed by atoms with Crippen LogP contribution in [0.3, 0.4) is 0 Å². The highest BCUT2D eigenvalue weighted by molar-refractivity contribution is 4.87. The fourth-order valence-electron chi connectivity index (χ4n) is 1.01. The van der Waals surface area contributed by atoms with Crippen LogP contribution in [0.1, 0.15) is 27.2 Å². The first-order valence-electron chi connectivity index (χ1n) is 5.21. The lowest BCUT2D eigenvalue weighted by molar-refractivity contribution is 0.149. The third-order valence-corrected chi connectivity index (χ3v) is 2.38. The summed E-state index contributed by atoms with van der Waals surface area (Å²) in [4.78, 5) is 0. The van der Waals surface area contributed by atoms with E-state index in [0.29, 0.717) is 19.8 Å². The third kappa shape index (κ3) is 6.13. The molecule has 84 valence electrons. The molecule has 0 aromatic rings. The Morgan fingerprint density at radius 1 is 1.57 bits per heavy atom. The lowest BCUT2D eigenvalue weighted by Gasteiger charge is -2.28. The molecule has 0 aliphatic heterocycles. The molecular weight excluding hydrogens is 176 g/mol. The molecule has 0 saturated carbocycles. The molecule has 0 bridgehead atoms. The van der Waals surface area contributed by atoms with Crippen molar-refractivity contribution in [2.45, 2.75) is 32.7 Å². The van der Waals surface area contributed by atoms with E-state index in [9.17, 15) is 0 Å². The van der Waals surface area contributed by atoms with Gasteiger partial charge in [0.1, 0.15) is 0 Å². The van der Waals surface area contributed by atoms with E-state index in [4.69, 9.17) is 10.5 Å². The fourth-order valence-corrected chi connectivity index (χ4v) is 1.01. The van der Waals surface area contributed by atoms with Crippen molar-refractivity contribution < 1.29 is 4.74 Å². The molecule has 0 spiro atoms. The molecule has 0 aliphatic rings. The van der Waals surface area contributed by atoms with E-state index >= 15 is 0 Å². The molecule has 14 heavy (non-hydrogen) atoms. The van der Waals surface area contributed by atoms with Gasteiger partial charge in [-0.1, -0.05) is 19.1 Å². The van der Waals surface area contributed by atoms with Gasteiger partial charge in [-0.3, -0.25) is 0 Å². The van der Waals surface area contributed by atoms with Crippen molar-refractivity contribution in [3.8, 4) is 0 Å². The average molecular weight is 200 g/mol. The Balaban J connectivity index is 3.47. The highest BCUT2D eigenvalue weighted by Gasteiger charge is 2.17. The molecule has 0 fully saturated rings. The fraction of sp³-hybridized carbons (Fsp3) is 0.818. The van der Waals surface area contributed by atoms with Gasteiger partial charge in [0.2, 0.25) is 0 Å². The van der Waals surface area contributed by atoms with E-state index in [1.165, 1.54) is 0 Å². The molecule has 3 N–H and O–H groups in total. The van der Waals surface area contributed by atoms with Crippen LogP contribution in [-0.4, -0.2) is 31.8 Å². The minimum absolute atomic E-state index is 0.0482. The van der Waals surface area contributed by atoms with E-state index in [-0.39, 0.29) is 5.54 Å². The molecule has 0 heterocycles. The Hall–Kier alpha value is -0.380. The summed E-state index contributed by atoms with van der Waals surface area (Å²) in [5.74, 6) is 0. The minimum Gasteiger partial charge on any atom is -0.376 e. The zero-order valence-electron chi connectivity index (χ0n) is 9.73. The second kappa shape index (κ2) is 6.98. The Kier molecular flexibility index (Phi) is 6.79. The maximum atomic E-state index is 5.66. The molecular formula is C11H24N2O. The van der Waals surface area contributed by atoms with Gasteiger partial charge in [0.05, 0.1) is 13.2 Å². The van der Waals surface area contributed by atoms with Crippen LogP contribution in [0.4, 0.5) is 0 Å². The quantitative estimate of drug-likeness (QED) is 0.458. The SMILES string of the molecule is C=C(C)COCCNC(C)(CC)CN. The predicted molar refractivity (Wildman–Crippen MR) is 61.4 cm³/mol. The van der Waals surface area contributed by atoms with Gasteiger partial charge in [-0.15, -0.1) is 0 Å². The smallest absolute Gasteiger partial charge is 0.0672 e. The largest absolute Gasteiger partial charge is 0.376 e. The summed E-state index contributed by atoms with van der Waals surface area (Å²) >= 11 is 0. The molecule has 0 aromatic heterocycles. The van der Waals surface area contributed by atoms with Crippen LogP contribution in [0, 0.1) is 0 Å². The highest BCUT2D eigenvalue weighted by Crippen LogP contribution is 2.05. The Labute approximate surface area is 87.7 Å². The van der Waals surface area contributed by atoms with Crippen molar-refractivity contribution in [1.82, 2.24) is 5.32 Å². The summed E-state index contributed by atoms with van der Waals surface area (Å²) in [6, 6.07) is 0. The Morgan fingerprint density at radius 3 is 2.64 bits per heavy atom. The van der Waals surface area contributed by atoms with Gasteiger partial charge in [-0.05, 0) is 20.3 Å². The van der Waals surface area contributed by atoms with Crippen LogP contribution in [0.25, 0.3) is 0 Å². The molecule has 1 atom stereocenters. The van der Waals surface area contributed by atoms with Crippen molar-refractivity contribution in [2.24, 2.45) is 5.73 Å². The summed E-state index contributed by atoms with van der Waals surface area (Å²) in [5, 5.41) is 3.39. The normalized spacial score (nSPS) is 15.1. The van der Waals surface area contributed by atoms with E-state index in [1.54, 1.807) is 0 Å². The molecule has 1 unspecified atom stereocenters. The maximum Gasteiger partial charge on any atom is 0.0672 e. The lowest BCUT2D eigenvalue weighted by Crippen LogP contribution is -2.49. The van der Waals surface area contributed by atoms with E-state index < -0.39 is 0 Å². The maximum absolute atomic E-state index is 5.66. The van der Waals surface area contributed by atoms with Gasteiger partial charge in [0.15, 0.2) is 0 Å². The van der Waals surface area contributed by atoms with Gasteiger partial charge in [0, 0.05) is 18.6 Å². The first kappa shape index (κ1) is 13.6. The zero-order valence-corrected chi connectivity index (χ0v) is 9.73. The van der Waals surface area contributed by atoms with Gasteiger partial charge in [-0.25, -0.2) is 0 Å². The highest BCUT2D eigenvalue weighted by atomic mass is 16.5. The second-order valence-electron chi connectivity index (χ2n) is 4.05. The van der Waals surface area contributed by atoms with E-state index in [2.05, 4.69) is 25.7 Å². The molecule has 0 radical (unpaired) electrons. The predicted octanol–water partition coefficient (Wildman–Crippen LogP) is 1.30. The van der Waals surface area contributed by atoms with Crippen LogP contribution >= 0.6 is 0 Å². The summed E-state index contributed by atoms with van der Waals surface area (Å²) in [5.41, 5.74) is 6.77. The monoisotopic (exact) mass is 200 g/mol. The summed E-state index contributed by atoms with van der Waals surface area (Å²) in [7, 11) is 0. The van der Waals surface area contributed by atoms with Crippen molar-refractivity contribution >= 4 is 0 Å². The van der Waals surface area contributed by atoms with Crippen LogP contribution < -0.4 is 11.1 Å². The number of nitrogens with two attached hydrogens (primary N) is 1. The summed E-state index contributed by atoms with van der Waals surface area (Å²) in [6.45, 7) is 12.9. The Morgan fingerprint density at radius 2 is 2.21 bits per heavy atom. The zero-order chi connectivity index (χ0) is 11.0. The van der Waals surface area contributed by atoms with Crippen LogP contribution in [0.2, 0.25) is 0 Å². The summed E-state index contributed by atoms with van der Waals surface area (Å²) < 4.78 is 5.38. The summed E-state index contributed by atoms with van der Waals surface area (Å²) in [6.07, 6.45) is 1.03. The molecule has 3 nitrogen and oxygen atoms in total. The average Bonchev–Trinajstić information content (AvgIpc) is 2.16. The van der Waals surface area contributed by atoms with E-state index in [1.807, 2.05) is 6.92 Å². The van der Waals surface area contributed by atoms with Gasteiger partial charge < -0.3 is 15.8 Å². The Bertz CT molecular complexity index is 165. The van der Waals surface area contributed by atoms with Crippen LogP contribution in [-0.2, 0) is 4.74 Å². The number of hydrogen-bond acceptors (Lipinski definition) is 3. The molecule has 0 saturated heterocycles. The van der Waals surface area contributed by atoms with Crippen LogP contribution in [0.15, 0.2) is 12.2 Å². The molecule has 0 aliphatic carbocycles. The number of ether oxygens (including phenoxy) is 1. The minimum atomic E-state index is 0.0482. The van der Waals surface area contributed by atoms with Crippen molar-refractivity contribution in [2.75, 3.05) is 26.3 Å². The number of hydrogen-bond donors (Lipinski definition) is 2. The molecule has 0 rings (SSSR count). The van der Waals surface area contributed by atoms with Crippen molar-refractivity contribution in [3.05, 3.63) is 12.2 Å². The first-order chi connectivity index (χ1) is 6.54. The molecule has 3 heteroatoms. The standard InChI is InChI=1S/C11H24N2O/c1-5-11(4,9-12)13-6-7-14-8-10(2)3/h13H,2,5-9,12H2,1,3-4H3. The van der Waals surface area contributed by atoms with Gasteiger partial charge >= 0.3 is 0 Å². The number of rotatable bonds is 8. The van der Waals surface area contributed by atoms with Crippen molar-refractivity contribution in [1.29, 1.82) is 0 Å². The first-order valence-corrected chi connectivity index (χ1v) is 5.21. The molecule has 0 amide bonds. The van der Waals surface area contributed by atoms with E-state index in [0.717, 1.165) is 18.5 Å². The third-order valence-electron chi connectivity index (χ3n) is 2.38. The van der Waals surface area contributed by atoms with Gasteiger partial charge in [-0.2, -0.15) is 0 Å². The van der Waals surface area contributed by atoms with Crippen molar-refractivity contribution in [3.63, 3.8) is 0 Å². The van der Waals surface area contributed by atoms with Crippen LogP contribution in [0.5, 0.6) is 0 Å². The van der Waals surface area contributed by atoms with Gasteiger partial charge in [0.25, 0.3) is 0 Å². The lowest BCUT2D eigenvalue weighted by atomic mass is 9.99. The topological polar surface area (TPSA) is 47.3 Å². The number of nitrogens with one attached hydrogen (secondary N) is 1.